The van der Waals surface area contributed by atoms with Crippen LogP contribution in [0, 0.1) is 12.8 Å². The van der Waals surface area contributed by atoms with Crippen molar-refractivity contribution in [2.45, 2.75) is 45.2 Å². The number of hydrogen-bond donors (Lipinski definition) is 1. The predicted octanol–water partition coefficient (Wildman–Crippen LogP) is 2.61. The van der Waals surface area contributed by atoms with Gasteiger partial charge in [0.15, 0.2) is 5.03 Å². The normalized spacial score (nSPS) is 16.0. The monoisotopic (exact) mass is 447 g/mol. The summed E-state index contributed by atoms with van der Waals surface area (Å²) in [6, 6.07) is 7.93. The lowest BCUT2D eigenvalue weighted by molar-refractivity contribution is -0.120. The highest BCUT2D eigenvalue weighted by atomic mass is 32.2. The smallest absolute Gasteiger partial charge is 0.262 e. The summed E-state index contributed by atoms with van der Waals surface area (Å²) in [4.78, 5) is 19.3. The Bertz CT molecular complexity index is 986. The molecule has 1 N–H and O–H groups in total. The zero-order valence-corrected chi connectivity index (χ0v) is 19.7. The maximum Gasteiger partial charge on any atom is 0.262 e. The standard InChI is InChI=1S/C22H33N5O3S/c1-5-26(6-2)15-18-8-7-9-20(14-18)24-22(28)19-10-12-27(13-11-19)31(29,30)21-16-25(4)17(3)23-21/h7-9,14,16,19H,5-6,10-13,15H2,1-4H3,(H,24,28). The minimum Gasteiger partial charge on any atom is -0.337 e. The maximum absolute atomic E-state index is 12.8. The molecule has 1 aromatic carbocycles. The van der Waals surface area contributed by atoms with E-state index in [0.29, 0.717) is 31.8 Å². The van der Waals surface area contributed by atoms with Crippen LogP contribution in [0.15, 0.2) is 35.5 Å². The Hall–Kier alpha value is -2.23. The summed E-state index contributed by atoms with van der Waals surface area (Å²) in [6.07, 6.45) is 2.53. The quantitative estimate of drug-likeness (QED) is 0.672. The van der Waals surface area contributed by atoms with Gasteiger partial charge >= 0.3 is 0 Å². The second-order valence-corrected chi connectivity index (χ2v) is 9.95. The van der Waals surface area contributed by atoms with E-state index in [1.165, 1.54) is 10.5 Å². The number of aromatic nitrogens is 2. The van der Waals surface area contributed by atoms with Crippen molar-refractivity contribution in [1.29, 1.82) is 0 Å². The van der Waals surface area contributed by atoms with E-state index in [9.17, 15) is 13.2 Å². The molecule has 2 heterocycles. The first-order valence-electron chi connectivity index (χ1n) is 10.9. The first-order chi connectivity index (χ1) is 14.7. The molecule has 2 aromatic rings. The molecule has 1 fully saturated rings. The van der Waals surface area contributed by atoms with Crippen LogP contribution >= 0.6 is 0 Å². The van der Waals surface area contributed by atoms with E-state index in [1.807, 2.05) is 18.2 Å². The molecule has 0 spiro atoms. The Kier molecular flexibility index (Phi) is 7.51. The molecular weight excluding hydrogens is 414 g/mol. The lowest BCUT2D eigenvalue weighted by atomic mass is 9.97. The van der Waals surface area contributed by atoms with Gasteiger partial charge in [-0.05, 0) is 50.6 Å². The molecule has 8 nitrogen and oxygen atoms in total. The van der Waals surface area contributed by atoms with Crippen LogP contribution in [0.2, 0.25) is 0 Å². The van der Waals surface area contributed by atoms with Crippen molar-refractivity contribution < 1.29 is 13.2 Å². The third-order valence-corrected chi connectivity index (χ3v) is 7.78. The molecule has 0 unspecified atom stereocenters. The van der Waals surface area contributed by atoms with Gasteiger partial charge in [0.25, 0.3) is 10.0 Å². The highest BCUT2D eigenvalue weighted by Gasteiger charge is 2.33. The fourth-order valence-electron chi connectivity index (χ4n) is 3.84. The molecule has 1 aromatic heterocycles. The molecule has 1 amide bonds. The van der Waals surface area contributed by atoms with Crippen LogP contribution in [-0.4, -0.2) is 59.3 Å². The van der Waals surface area contributed by atoms with Crippen LogP contribution in [0.25, 0.3) is 0 Å². The minimum atomic E-state index is -3.63. The Morgan fingerprint density at radius 2 is 1.90 bits per heavy atom. The molecule has 1 aliphatic heterocycles. The number of hydrogen-bond acceptors (Lipinski definition) is 5. The number of carbonyl (C=O) groups excluding carboxylic acids is 1. The molecule has 0 bridgehead atoms. The highest BCUT2D eigenvalue weighted by molar-refractivity contribution is 7.89. The molecule has 0 aliphatic carbocycles. The van der Waals surface area contributed by atoms with Crippen LogP contribution in [0.4, 0.5) is 5.69 Å². The summed E-state index contributed by atoms with van der Waals surface area (Å²) in [5.41, 5.74) is 1.95. The number of piperidine rings is 1. The van der Waals surface area contributed by atoms with Gasteiger partial charge in [0.2, 0.25) is 5.91 Å². The van der Waals surface area contributed by atoms with Crippen LogP contribution in [0.3, 0.4) is 0 Å². The van der Waals surface area contributed by atoms with Crippen molar-refractivity contribution in [3.63, 3.8) is 0 Å². The van der Waals surface area contributed by atoms with E-state index in [-0.39, 0.29) is 16.9 Å². The maximum atomic E-state index is 12.8. The van der Waals surface area contributed by atoms with Crippen molar-refractivity contribution in [3.05, 3.63) is 41.9 Å². The average Bonchev–Trinajstić information content (AvgIpc) is 3.11. The van der Waals surface area contributed by atoms with Crippen molar-refractivity contribution in [2.24, 2.45) is 13.0 Å². The van der Waals surface area contributed by atoms with E-state index in [4.69, 9.17) is 0 Å². The number of carbonyl (C=O) groups is 1. The minimum absolute atomic E-state index is 0.0503. The Labute approximate surface area is 185 Å². The highest BCUT2D eigenvalue weighted by Crippen LogP contribution is 2.25. The number of benzene rings is 1. The number of nitrogens with one attached hydrogen (secondary N) is 1. The molecule has 170 valence electrons. The van der Waals surface area contributed by atoms with Gasteiger partial charge in [0, 0.05) is 44.5 Å². The number of nitrogens with zero attached hydrogens (tertiary/aromatic N) is 4. The van der Waals surface area contributed by atoms with Crippen LogP contribution < -0.4 is 5.32 Å². The topological polar surface area (TPSA) is 87.5 Å². The molecular formula is C22H33N5O3S. The number of amides is 1. The van der Waals surface area contributed by atoms with E-state index < -0.39 is 10.0 Å². The average molecular weight is 448 g/mol. The van der Waals surface area contributed by atoms with Crippen molar-refractivity contribution in [3.8, 4) is 0 Å². The third kappa shape index (κ3) is 5.53. The van der Waals surface area contributed by atoms with Gasteiger partial charge in [-0.3, -0.25) is 9.69 Å². The Morgan fingerprint density at radius 1 is 1.23 bits per heavy atom. The van der Waals surface area contributed by atoms with Gasteiger partial charge in [-0.15, -0.1) is 0 Å². The second-order valence-electron chi connectivity index (χ2n) is 8.07. The number of imidazole rings is 1. The van der Waals surface area contributed by atoms with Crippen LogP contribution in [0.5, 0.6) is 0 Å². The van der Waals surface area contributed by atoms with Crippen molar-refractivity contribution in [2.75, 3.05) is 31.5 Å². The summed E-state index contributed by atoms with van der Waals surface area (Å²) in [5, 5.41) is 3.09. The van der Waals surface area contributed by atoms with Gasteiger partial charge in [-0.25, -0.2) is 13.4 Å². The number of anilines is 1. The van der Waals surface area contributed by atoms with Gasteiger partial charge in [-0.1, -0.05) is 26.0 Å². The van der Waals surface area contributed by atoms with Gasteiger partial charge < -0.3 is 9.88 Å². The third-order valence-electron chi connectivity index (χ3n) is 6.01. The van der Waals surface area contributed by atoms with Crippen LogP contribution in [-0.2, 0) is 28.4 Å². The summed E-state index contributed by atoms with van der Waals surface area (Å²) in [6.45, 7) is 9.48. The fraction of sp³-hybridized carbons (Fsp3) is 0.545. The number of rotatable bonds is 8. The van der Waals surface area contributed by atoms with E-state index >= 15 is 0 Å². The predicted molar refractivity (Wildman–Crippen MR) is 121 cm³/mol. The lowest BCUT2D eigenvalue weighted by Gasteiger charge is -2.30. The SMILES string of the molecule is CCN(CC)Cc1cccc(NC(=O)C2CCN(S(=O)(=O)c3cn(C)c(C)n3)CC2)c1. The summed E-state index contributed by atoms with van der Waals surface area (Å²) < 4.78 is 28.8. The molecule has 3 rings (SSSR count). The Balaban J connectivity index is 1.58. The molecule has 0 atom stereocenters. The lowest BCUT2D eigenvalue weighted by Crippen LogP contribution is -2.41. The zero-order chi connectivity index (χ0) is 22.6. The molecule has 31 heavy (non-hydrogen) atoms. The summed E-state index contributed by atoms with van der Waals surface area (Å²) in [7, 11) is -1.86. The van der Waals surface area contributed by atoms with Crippen molar-refractivity contribution >= 4 is 21.6 Å². The molecule has 1 saturated heterocycles. The van der Waals surface area contributed by atoms with Gasteiger partial charge in [-0.2, -0.15) is 4.31 Å². The molecule has 9 heteroatoms. The number of sulfonamides is 1. The first kappa shape index (κ1) is 23.4. The number of aryl methyl sites for hydroxylation is 2. The van der Waals surface area contributed by atoms with Gasteiger partial charge in [0.1, 0.15) is 5.82 Å². The van der Waals surface area contributed by atoms with E-state index in [2.05, 4.69) is 35.1 Å². The molecule has 1 aliphatic rings. The van der Waals surface area contributed by atoms with Crippen LogP contribution in [0.1, 0.15) is 38.1 Å². The molecule has 0 radical (unpaired) electrons. The largest absolute Gasteiger partial charge is 0.337 e. The van der Waals surface area contributed by atoms with Gasteiger partial charge in [0.05, 0.1) is 0 Å². The van der Waals surface area contributed by atoms with E-state index in [0.717, 1.165) is 30.9 Å². The summed E-state index contributed by atoms with van der Waals surface area (Å²) >= 11 is 0. The second kappa shape index (κ2) is 9.93. The molecule has 0 saturated carbocycles. The first-order valence-corrected chi connectivity index (χ1v) is 12.3. The van der Waals surface area contributed by atoms with Crippen molar-refractivity contribution in [1.82, 2.24) is 18.8 Å². The summed E-state index contributed by atoms with van der Waals surface area (Å²) in [5.74, 6) is 0.394. The van der Waals surface area contributed by atoms with E-state index in [1.54, 1.807) is 18.5 Å². The Morgan fingerprint density at radius 3 is 2.48 bits per heavy atom. The fourth-order valence-corrected chi connectivity index (χ4v) is 5.33. The zero-order valence-electron chi connectivity index (χ0n) is 18.8.